The number of benzene rings is 1. The molecule has 0 radical (unpaired) electrons. The third-order valence-corrected chi connectivity index (χ3v) is 5.81. The Hall–Kier alpha value is -1.08. The van der Waals surface area contributed by atoms with Crippen molar-refractivity contribution >= 4 is 23.5 Å². The molecule has 19 heavy (non-hydrogen) atoms. The zero-order valence-corrected chi connectivity index (χ0v) is 12.4. The van der Waals surface area contributed by atoms with Crippen LogP contribution in [0.5, 0.6) is 0 Å². The molecule has 2 aliphatic rings. The van der Waals surface area contributed by atoms with E-state index in [0.717, 1.165) is 29.0 Å². The molecule has 0 heterocycles. The highest BCUT2D eigenvalue weighted by Crippen LogP contribution is 2.65. The van der Waals surface area contributed by atoms with Crippen LogP contribution in [-0.2, 0) is 4.79 Å². The molecule has 0 amide bonds. The average Bonchev–Trinajstić information content (AvgIpc) is 2.66. The lowest BCUT2D eigenvalue weighted by Crippen LogP contribution is -2.32. The number of rotatable bonds is 1. The van der Waals surface area contributed by atoms with Crippen LogP contribution in [0.2, 0.25) is 5.02 Å². The van der Waals surface area contributed by atoms with Crippen molar-refractivity contribution < 1.29 is 4.79 Å². The van der Waals surface area contributed by atoms with Gasteiger partial charge in [-0.2, -0.15) is 0 Å². The Balaban J connectivity index is 2.04. The first-order valence-corrected chi connectivity index (χ1v) is 7.26. The zero-order valence-electron chi connectivity index (χ0n) is 11.7. The smallest absolute Gasteiger partial charge is 0.165 e. The molecular weight excluding hydrogens is 256 g/mol. The van der Waals surface area contributed by atoms with E-state index in [0.29, 0.717) is 11.7 Å². The average molecular weight is 275 g/mol. The number of hydrogen-bond donors (Lipinski definition) is 0. The largest absolute Gasteiger partial charge is 0.294 e. The first-order valence-electron chi connectivity index (χ1n) is 6.88. The number of carbonyl (C=O) groups is 1. The molecule has 100 valence electrons. The van der Waals surface area contributed by atoms with Crippen molar-refractivity contribution in [1.29, 1.82) is 0 Å². The third kappa shape index (κ3) is 1.64. The summed E-state index contributed by atoms with van der Waals surface area (Å²) in [6.45, 7) is 6.62. The maximum atomic E-state index is 12.7. The molecule has 0 spiro atoms. The van der Waals surface area contributed by atoms with E-state index in [1.54, 1.807) is 0 Å². The van der Waals surface area contributed by atoms with Gasteiger partial charge in [-0.25, -0.2) is 0 Å². The number of fused-ring (bicyclic) bond motifs is 2. The van der Waals surface area contributed by atoms with Gasteiger partial charge in [-0.05, 0) is 53.5 Å². The Morgan fingerprint density at radius 3 is 2.37 bits per heavy atom. The molecular formula is C17H19ClO. The van der Waals surface area contributed by atoms with E-state index >= 15 is 0 Å². The minimum atomic E-state index is -0.171. The fraction of sp³-hybridized carbons (Fsp3) is 0.471. The minimum Gasteiger partial charge on any atom is -0.294 e. The van der Waals surface area contributed by atoms with E-state index < -0.39 is 0 Å². The number of allylic oxidation sites excluding steroid dienone is 1. The van der Waals surface area contributed by atoms with Gasteiger partial charge in [-0.3, -0.25) is 4.79 Å². The molecule has 1 nitrogen and oxygen atoms in total. The Morgan fingerprint density at radius 2 is 1.84 bits per heavy atom. The molecule has 2 atom stereocenters. The van der Waals surface area contributed by atoms with E-state index in [1.165, 1.54) is 0 Å². The summed E-state index contributed by atoms with van der Waals surface area (Å²) < 4.78 is 0. The number of ketones is 1. The first-order chi connectivity index (χ1) is 8.86. The van der Waals surface area contributed by atoms with Gasteiger partial charge in [0.05, 0.1) is 0 Å². The summed E-state index contributed by atoms with van der Waals surface area (Å²) in [5.74, 6) is 0.754. The van der Waals surface area contributed by atoms with Gasteiger partial charge in [0.1, 0.15) is 0 Å². The maximum Gasteiger partial charge on any atom is 0.165 e. The van der Waals surface area contributed by atoms with Crippen molar-refractivity contribution in [3.05, 3.63) is 40.4 Å². The molecule has 2 aliphatic carbocycles. The quantitative estimate of drug-likeness (QED) is 0.676. The van der Waals surface area contributed by atoms with E-state index in [2.05, 4.69) is 26.8 Å². The summed E-state index contributed by atoms with van der Waals surface area (Å²) in [6.07, 6.45) is 4.23. The van der Waals surface area contributed by atoms with Crippen LogP contribution < -0.4 is 0 Å². The minimum absolute atomic E-state index is 0.0857. The van der Waals surface area contributed by atoms with Gasteiger partial charge in [0.15, 0.2) is 5.78 Å². The fourth-order valence-corrected chi connectivity index (χ4v) is 3.96. The van der Waals surface area contributed by atoms with Crippen molar-refractivity contribution in [2.24, 2.45) is 16.7 Å². The van der Waals surface area contributed by atoms with Gasteiger partial charge >= 0.3 is 0 Å². The van der Waals surface area contributed by atoms with Crippen molar-refractivity contribution in [3.63, 3.8) is 0 Å². The molecule has 0 aliphatic heterocycles. The molecule has 0 saturated heterocycles. The number of Topliss-reactive ketones (excluding diaryl/α,β-unsaturated/α-hetero) is 1. The van der Waals surface area contributed by atoms with Gasteiger partial charge < -0.3 is 0 Å². The van der Waals surface area contributed by atoms with Crippen LogP contribution in [-0.4, -0.2) is 5.78 Å². The van der Waals surface area contributed by atoms with Gasteiger partial charge in [0.2, 0.25) is 0 Å². The van der Waals surface area contributed by atoms with Crippen LogP contribution in [0.15, 0.2) is 29.8 Å². The van der Waals surface area contributed by atoms with Crippen molar-refractivity contribution in [2.45, 2.75) is 33.6 Å². The van der Waals surface area contributed by atoms with Gasteiger partial charge in [0, 0.05) is 10.4 Å². The standard InChI is InChI=1S/C17H19ClO/c1-16(2)14-8-9-17(16,3)15(19)13(14)10-11-4-6-12(18)7-5-11/h4-7,10,14H,8-9H2,1-3H3/b13-10-. The Labute approximate surface area is 119 Å². The van der Waals surface area contributed by atoms with Crippen molar-refractivity contribution in [1.82, 2.24) is 0 Å². The van der Waals surface area contributed by atoms with E-state index in [4.69, 9.17) is 11.6 Å². The van der Waals surface area contributed by atoms with Crippen LogP contribution in [0.3, 0.4) is 0 Å². The molecule has 1 aromatic rings. The predicted molar refractivity (Wildman–Crippen MR) is 79.0 cm³/mol. The van der Waals surface area contributed by atoms with Gasteiger partial charge in [-0.1, -0.05) is 44.5 Å². The van der Waals surface area contributed by atoms with E-state index in [-0.39, 0.29) is 10.8 Å². The molecule has 0 aromatic heterocycles. The molecule has 1 aromatic carbocycles. The molecule has 3 rings (SSSR count). The van der Waals surface area contributed by atoms with Crippen LogP contribution >= 0.6 is 11.6 Å². The van der Waals surface area contributed by atoms with Crippen LogP contribution in [0, 0.1) is 16.7 Å². The molecule has 2 unspecified atom stereocenters. The highest BCUT2D eigenvalue weighted by molar-refractivity contribution is 6.30. The van der Waals surface area contributed by atoms with Crippen LogP contribution in [0.4, 0.5) is 0 Å². The van der Waals surface area contributed by atoms with E-state index in [9.17, 15) is 4.79 Å². The topological polar surface area (TPSA) is 17.1 Å². The zero-order chi connectivity index (χ0) is 13.8. The van der Waals surface area contributed by atoms with Crippen LogP contribution in [0.25, 0.3) is 6.08 Å². The molecule has 2 saturated carbocycles. The molecule has 0 N–H and O–H groups in total. The molecule has 2 bridgehead atoms. The lowest BCUT2D eigenvalue weighted by Gasteiger charge is -2.31. The summed E-state index contributed by atoms with van der Waals surface area (Å²) in [5, 5.41) is 0.730. The maximum absolute atomic E-state index is 12.7. The summed E-state index contributed by atoms with van der Waals surface area (Å²) in [4.78, 5) is 12.7. The Bertz CT molecular complexity index is 567. The van der Waals surface area contributed by atoms with Crippen molar-refractivity contribution in [2.75, 3.05) is 0 Å². The molecule has 2 fully saturated rings. The number of hydrogen-bond acceptors (Lipinski definition) is 1. The predicted octanol–water partition coefficient (Wildman–Crippen LogP) is 4.75. The second-order valence-electron chi connectivity index (χ2n) is 6.63. The highest BCUT2D eigenvalue weighted by Gasteiger charge is 2.63. The number of carbonyl (C=O) groups excluding carboxylic acids is 1. The van der Waals surface area contributed by atoms with Crippen molar-refractivity contribution in [3.8, 4) is 0 Å². The number of halogens is 1. The van der Waals surface area contributed by atoms with E-state index in [1.807, 2.05) is 24.3 Å². The fourth-order valence-electron chi connectivity index (χ4n) is 3.83. The second-order valence-corrected chi connectivity index (χ2v) is 7.06. The lowest BCUT2D eigenvalue weighted by molar-refractivity contribution is -0.125. The van der Waals surface area contributed by atoms with Gasteiger partial charge in [-0.15, -0.1) is 0 Å². The highest BCUT2D eigenvalue weighted by atomic mass is 35.5. The van der Waals surface area contributed by atoms with Gasteiger partial charge in [0.25, 0.3) is 0 Å². The summed E-state index contributed by atoms with van der Waals surface area (Å²) in [7, 11) is 0. The lowest BCUT2D eigenvalue weighted by atomic mass is 9.70. The summed E-state index contributed by atoms with van der Waals surface area (Å²) in [5.41, 5.74) is 2.00. The molecule has 2 heteroatoms. The Kier molecular flexibility index (Phi) is 2.69. The normalized spacial score (nSPS) is 34.2. The summed E-state index contributed by atoms with van der Waals surface area (Å²) in [6, 6.07) is 7.70. The van der Waals surface area contributed by atoms with Crippen LogP contribution in [0.1, 0.15) is 39.2 Å². The first kappa shape index (κ1) is 12.9. The monoisotopic (exact) mass is 274 g/mol. The summed E-state index contributed by atoms with van der Waals surface area (Å²) >= 11 is 5.90. The SMILES string of the molecule is CC12CCC(/C(=C/c3ccc(Cl)cc3)C1=O)C2(C)C. The Morgan fingerprint density at radius 1 is 1.21 bits per heavy atom. The third-order valence-electron chi connectivity index (χ3n) is 5.56. The second kappa shape index (κ2) is 3.96.